The Hall–Kier alpha value is -2.55. The van der Waals surface area contributed by atoms with Crippen LogP contribution in [-0.2, 0) is 27.9 Å². The van der Waals surface area contributed by atoms with E-state index >= 15 is 0 Å². The van der Waals surface area contributed by atoms with Crippen LogP contribution in [0, 0.1) is 0 Å². The predicted molar refractivity (Wildman–Crippen MR) is 328 cm³/mol. The van der Waals surface area contributed by atoms with Gasteiger partial charge in [-0.15, -0.1) is 0 Å². The third-order valence-electron chi connectivity index (χ3n) is 13.9. The van der Waals surface area contributed by atoms with E-state index in [1.165, 1.54) is 161 Å². The normalized spacial score (nSPS) is 14.1. The van der Waals surface area contributed by atoms with Crippen molar-refractivity contribution < 1.29 is 37.3 Å². The lowest BCUT2D eigenvalue weighted by Gasteiger charge is -2.27. The van der Waals surface area contributed by atoms with Gasteiger partial charge in [0.05, 0.1) is 33.8 Å². The number of hydrogen-bond acceptors (Lipinski definition) is 6. The number of hydrogen-bond donors (Lipinski definition) is 2. The number of carbonyl (C=O) groups excluding carboxylic acids is 2. The number of esters is 1. The van der Waals surface area contributed by atoms with Gasteiger partial charge in [-0.2, -0.15) is 0 Å². The number of amides is 1. The summed E-state index contributed by atoms with van der Waals surface area (Å²) >= 11 is 0. The number of likely N-dealkylation sites (N-methyl/N-ethyl adjacent to an activating group) is 1. The van der Waals surface area contributed by atoms with E-state index in [-0.39, 0.29) is 31.5 Å². The van der Waals surface area contributed by atoms with Gasteiger partial charge in [-0.25, -0.2) is 4.57 Å². The molecule has 1 amide bonds. The summed E-state index contributed by atoms with van der Waals surface area (Å²) in [6.07, 6.45) is 71.8. The van der Waals surface area contributed by atoms with Crippen molar-refractivity contribution in [1.82, 2.24) is 5.32 Å². The lowest BCUT2D eigenvalue weighted by molar-refractivity contribution is -0.870. The number of ether oxygens (including phenoxy) is 1. The second-order valence-corrected chi connectivity index (χ2v) is 24.0. The van der Waals surface area contributed by atoms with Crippen molar-refractivity contribution in [2.45, 2.75) is 296 Å². The van der Waals surface area contributed by atoms with Crippen LogP contribution in [0.25, 0.3) is 0 Å². The Labute approximate surface area is 470 Å². The Morgan fingerprint density at radius 1 is 0.461 bits per heavy atom. The monoisotopic (exact) mass is 1090 g/mol. The Morgan fingerprint density at radius 3 is 1.22 bits per heavy atom. The van der Waals surface area contributed by atoms with Crippen LogP contribution in [0.2, 0.25) is 0 Å². The zero-order valence-electron chi connectivity index (χ0n) is 50.5. The van der Waals surface area contributed by atoms with Gasteiger partial charge in [0, 0.05) is 12.8 Å². The first-order valence-electron chi connectivity index (χ1n) is 31.8. The van der Waals surface area contributed by atoms with Crippen molar-refractivity contribution in [2.75, 3.05) is 40.9 Å². The molecule has 0 saturated carbocycles. The number of phosphoric acid groups is 1. The van der Waals surface area contributed by atoms with Crippen molar-refractivity contribution >= 4 is 19.7 Å². The zero-order valence-corrected chi connectivity index (χ0v) is 51.4. The highest BCUT2D eigenvalue weighted by atomic mass is 31.2. The Balaban J connectivity index is 5.25. The number of allylic oxidation sites excluding steroid dienone is 11. The number of rotatable bonds is 57. The highest BCUT2D eigenvalue weighted by molar-refractivity contribution is 7.47. The van der Waals surface area contributed by atoms with Crippen LogP contribution in [0.15, 0.2) is 72.9 Å². The Bertz CT molecular complexity index is 1530. The molecule has 0 radical (unpaired) electrons. The van der Waals surface area contributed by atoms with Crippen LogP contribution in [0.3, 0.4) is 0 Å². The fourth-order valence-electron chi connectivity index (χ4n) is 8.92. The fourth-order valence-corrected chi connectivity index (χ4v) is 9.65. The van der Waals surface area contributed by atoms with Crippen molar-refractivity contribution in [3.63, 3.8) is 0 Å². The number of unbranched alkanes of at least 4 members (excludes halogenated alkanes) is 31. The summed E-state index contributed by atoms with van der Waals surface area (Å²) in [6, 6.07) is -0.863. The SMILES string of the molecule is CCCCC/C=C\C/C=C\C/C=C\CCCCCCC(=O)NC(COP(=O)(O)OCC[N+](C)(C)C)C(/C=C/CCCCCCCCCCCC)OC(=O)CCCCCCCCCCCCC/C=C\C/C=C\CCCCC. The molecule has 0 aliphatic carbocycles. The molecule has 0 aliphatic heterocycles. The van der Waals surface area contributed by atoms with Crippen LogP contribution in [0.1, 0.15) is 284 Å². The highest BCUT2D eigenvalue weighted by Gasteiger charge is 2.30. The number of quaternary nitrogens is 1. The van der Waals surface area contributed by atoms with E-state index in [1.807, 2.05) is 33.3 Å². The van der Waals surface area contributed by atoms with Crippen molar-refractivity contribution in [3.05, 3.63) is 72.9 Å². The van der Waals surface area contributed by atoms with Crippen LogP contribution in [0.4, 0.5) is 0 Å². The second-order valence-electron chi connectivity index (χ2n) is 22.6. The minimum absolute atomic E-state index is 0.0334. The molecule has 76 heavy (non-hydrogen) atoms. The minimum Gasteiger partial charge on any atom is -0.456 e. The van der Waals surface area contributed by atoms with E-state index in [4.69, 9.17) is 13.8 Å². The standard InChI is InChI=1S/C66H121N2O7P/c1-7-10-13-16-19-22-25-28-30-32-33-34-35-37-39-41-44-47-50-53-56-59-66(70)75-64(57-54-51-48-45-42-27-24-21-18-15-12-9-3)63(62-74-76(71,72)73-61-60-68(4,5)6)67-65(69)58-55-52-49-46-43-40-38-36-31-29-26-23-20-17-14-11-8-2/h19-20,22-23,28-31,38,40,54,57,63-64H,7-18,21,24-27,32-37,39,41-53,55-56,58-62H2,1-6H3,(H-,67,69,71,72)/p+1/b22-19-,23-20-,30-28-,31-29-,40-38-,57-54+. The fraction of sp³-hybridized carbons (Fsp3) is 0.788. The molecule has 442 valence electrons. The summed E-state index contributed by atoms with van der Waals surface area (Å²) in [6.45, 7) is 6.95. The molecule has 0 rings (SSSR count). The summed E-state index contributed by atoms with van der Waals surface area (Å²) in [5.74, 6) is -0.529. The first-order chi connectivity index (χ1) is 36.9. The quantitative estimate of drug-likeness (QED) is 0.0205. The molecule has 0 spiro atoms. The lowest BCUT2D eigenvalue weighted by atomic mass is 10.0. The van der Waals surface area contributed by atoms with Crippen molar-refractivity contribution in [3.8, 4) is 0 Å². The van der Waals surface area contributed by atoms with Crippen LogP contribution in [-0.4, -0.2) is 74.3 Å². The highest BCUT2D eigenvalue weighted by Crippen LogP contribution is 2.43. The number of nitrogens with one attached hydrogen (secondary N) is 1. The first kappa shape index (κ1) is 73.5. The van der Waals surface area contributed by atoms with Gasteiger partial charge >= 0.3 is 13.8 Å². The maximum Gasteiger partial charge on any atom is 0.472 e. The molecule has 0 bridgehead atoms. The Morgan fingerprint density at radius 2 is 0.803 bits per heavy atom. The minimum atomic E-state index is -4.46. The predicted octanol–water partition coefficient (Wildman–Crippen LogP) is 19.6. The van der Waals surface area contributed by atoms with Gasteiger partial charge in [0.2, 0.25) is 5.91 Å². The second kappa shape index (κ2) is 55.8. The summed E-state index contributed by atoms with van der Waals surface area (Å²) in [4.78, 5) is 37.7. The van der Waals surface area contributed by atoms with E-state index in [9.17, 15) is 19.0 Å². The first-order valence-corrected chi connectivity index (χ1v) is 33.3. The van der Waals surface area contributed by atoms with Crippen molar-refractivity contribution in [2.24, 2.45) is 0 Å². The molecule has 10 heteroatoms. The molecule has 0 aromatic heterocycles. The molecule has 9 nitrogen and oxygen atoms in total. The number of carbonyl (C=O) groups is 2. The van der Waals surface area contributed by atoms with Crippen LogP contribution in [0.5, 0.6) is 0 Å². The maximum absolute atomic E-state index is 13.5. The van der Waals surface area contributed by atoms with Gasteiger partial charge in [-0.3, -0.25) is 18.6 Å². The molecule has 0 aromatic carbocycles. The number of phosphoric ester groups is 1. The molecule has 3 unspecified atom stereocenters. The summed E-state index contributed by atoms with van der Waals surface area (Å²) in [5, 5.41) is 3.05. The summed E-state index contributed by atoms with van der Waals surface area (Å²) in [5.41, 5.74) is 0. The number of nitrogens with zero attached hydrogens (tertiary/aromatic N) is 1. The molecule has 0 fully saturated rings. The van der Waals surface area contributed by atoms with Crippen LogP contribution < -0.4 is 5.32 Å². The molecule has 0 saturated heterocycles. The molecule has 2 N–H and O–H groups in total. The smallest absolute Gasteiger partial charge is 0.456 e. The summed E-state index contributed by atoms with van der Waals surface area (Å²) < 4.78 is 30.7. The van der Waals surface area contributed by atoms with Crippen molar-refractivity contribution in [1.29, 1.82) is 0 Å². The topological polar surface area (TPSA) is 111 Å². The van der Waals surface area contributed by atoms with E-state index in [0.717, 1.165) is 89.9 Å². The average molecular weight is 1090 g/mol. The van der Waals surface area contributed by atoms with Crippen LogP contribution >= 0.6 is 7.82 Å². The largest absolute Gasteiger partial charge is 0.472 e. The van der Waals surface area contributed by atoms with Gasteiger partial charge in [0.15, 0.2) is 0 Å². The van der Waals surface area contributed by atoms with E-state index in [0.29, 0.717) is 17.4 Å². The zero-order chi connectivity index (χ0) is 55.7. The van der Waals surface area contributed by atoms with E-state index in [1.54, 1.807) is 0 Å². The molecule has 0 heterocycles. The van der Waals surface area contributed by atoms with Gasteiger partial charge in [-0.1, -0.05) is 242 Å². The van der Waals surface area contributed by atoms with Gasteiger partial charge < -0.3 is 19.4 Å². The van der Waals surface area contributed by atoms with Gasteiger partial charge in [0.25, 0.3) is 0 Å². The van der Waals surface area contributed by atoms with Gasteiger partial charge in [-0.05, 0) is 102 Å². The molecular weight excluding hydrogens is 964 g/mol. The van der Waals surface area contributed by atoms with E-state index in [2.05, 4.69) is 86.8 Å². The maximum atomic E-state index is 13.5. The summed E-state index contributed by atoms with van der Waals surface area (Å²) in [7, 11) is 1.48. The lowest BCUT2D eigenvalue weighted by Crippen LogP contribution is -2.47. The third-order valence-corrected chi connectivity index (χ3v) is 14.9. The molecular formula is C66H122N2O7P+. The average Bonchev–Trinajstić information content (AvgIpc) is 3.38. The van der Waals surface area contributed by atoms with Gasteiger partial charge in [0.1, 0.15) is 19.3 Å². The molecule has 0 aromatic rings. The molecule has 0 aliphatic rings. The Kier molecular flexibility index (Phi) is 53.9. The molecule has 3 atom stereocenters. The van der Waals surface area contributed by atoms with E-state index < -0.39 is 20.0 Å². The third kappa shape index (κ3) is 56.2.